The SMILES string of the molecule is COC(C)(C)/C=C/CN=Nc1ccc([N+](=O)[O-])cc1Cl. The summed E-state index contributed by atoms with van der Waals surface area (Å²) in [6.45, 7) is 4.22. The largest absolute Gasteiger partial charge is 0.375 e. The van der Waals surface area contributed by atoms with Crippen molar-refractivity contribution in [2.75, 3.05) is 13.7 Å². The molecule has 1 aromatic carbocycles. The fraction of sp³-hybridized carbons (Fsp3) is 0.385. The van der Waals surface area contributed by atoms with Crippen LogP contribution in [-0.2, 0) is 4.74 Å². The number of benzene rings is 1. The minimum Gasteiger partial charge on any atom is -0.375 e. The molecule has 108 valence electrons. The number of hydrogen-bond acceptors (Lipinski definition) is 5. The molecule has 0 unspecified atom stereocenters. The third kappa shape index (κ3) is 5.07. The number of nitrogens with zero attached hydrogens (tertiary/aromatic N) is 3. The van der Waals surface area contributed by atoms with Crippen LogP contribution in [0.5, 0.6) is 0 Å². The molecule has 6 nitrogen and oxygen atoms in total. The molecule has 0 amide bonds. The maximum atomic E-state index is 10.6. The molecule has 1 aromatic rings. The van der Waals surface area contributed by atoms with Gasteiger partial charge < -0.3 is 4.74 Å². The fourth-order valence-electron chi connectivity index (χ4n) is 1.26. The summed E-state index contributed by atoms with van der Waals surface area (Å²) in [6, 6.07) is 4.05. The van der Waals surface area contributed by atoms with Crippen molar-refractivity contribution >= 4 is 23.0 Å². The average molecular weight is 298 g/mol. The second-order valence-electron chi connectivity index (χ2n) is 4.53. The smallest absolute Gasteiger partial charge is 0.271 e. The molecule has 0 atom stereocenters. The summed E-state index contributed by atoms with van der Waals surface area (Å²) in [7, 11) is 1.63. The van der Waals surface area contributed by atoms with Crippen molar-refractivity contribution in [2.45, 2.75) is 19.4 Å². The molecule has 0 saturated carbocycles. The lowest BCUT2D eigenvalue weighted by Gasteiger charge is -2.17. The van der Waals surface area contributed by atoms with Crippen LogP contribution in [0.15, 0.2) is 40.6 Å². The van der Waals surface area contributed by atoms with E-state index in [9.17, 15) is 10.1 Å². The highest BCUT2D eigenvalue weighted by Gasteiger charge is 2.10. The summed E-state index contributed by atoms with van der Waals surface area (Å²) in [5, 5.41) is 18.6. The first kappa shape index (κ1) is 16.3. The van der Waals surface area contributed by atoms with E-state index in [1.807, 2.05) is 26.0 Å². The topological polar surface area (TPSA) is 77.1 Å². The zero-order valence-corrected chi connectivity index (χ0v) is 12.3. The first-order valence-electron chi connectivity index (χ1n) is 5.90. The van der Waals surface area contributed by atoms with Crippen LogP contribution in [0.2, 0.25) is 5.02 Å². The van der Waals surface area contributed by atoms with Crippen molar-refractivity contribution in [1.82, 2.24) is 0 Å². The molecule has 1 rings (SSSR count). The Balaban J connectivity index is 2.65. The number of hydrogen-bond donors (Lipinski definition) is 0. The van der Waals surface area contributed by atoms with E-state index in [-0.39, 0.29) is 16.3 Å². The molecule has 0 bridgehead atoms. The first-order chi connectivity index (χ1) is 9.35. The minimum absolute atomic E-state index is 0.0734. The van der Waals surface area contributed by atoms with E-state index in [1.54, 1.807) is 7.11 Å². The average Bonchev–Trinajstić information content (AvgIpc) is 2.39. The second-order valence-corrected chi connectivity index (χ2v) is 4.93. The van der Waals surface area contributed by atoms with Gasteiger partial charge in [-0.05, 0) is 19.9 Å². The maximum Gasteiger partial charge on any atom is 0.271 e. The van der Waals surface area contributed by atoms with Gasteiger partial charge in [-0.3, -0.25) is 10.1 Å². The van der Waals surface area contributed by atoms with Crippen LogP contribution in [0.1, 0.15) is 13.8 Å². The molecule has 0 fully saturated rings. The van der Waals surface area contributed by atoms with Gasteiger partial charge in [-0.1, -0.05) is 23.8 Å². The van der Waals surface area contributed by atoms with Crippen LogP contribution >= 0.6 is 11.6 Å². The fourth-order valence-corrected chi connectivity index (χ4v) is 1.47. The summed E-state index contributed by atoms with van der Waals surface area (Å²) in [6.07, 6.45) is 3.70. The van der Waals surface area contributed by atoms with Gasteiger partial charge in [0.1, 0.15) is 5.69 Å². The number of azo groups is 1. The van der Waals surface area contributed by atoms with Crippen molar-refractivity contribution in [1.29, 1.82) is 0 Å². The van der Waals surface area contributed by atoms with E-state index in [4.69, 9.17) is 16.3 Å². The van der Waals surface area contributed by atoms with Crippen molar-refractivity contribution in [3.63, 3.8) is 0 Å². The van der Waals surface area contributed by atoms with E-state index in [0.29, 0.717) is 12.2 Å². The molecule has 0 aromatic heterocycles. The Hall–Kier alpha value is -1.79. The lowest BCUT2D eigenvalue weighted by atomic mass is 10.1. The molecule has 0 aliphatic carbocycles. The number of nitro benzene ring substituents is 1. The Morgan fingerprint density at radius 2 is 2.20 bits per heavy atom. The van der Waals surface area contributed by atoms with E-state index < -0.39 is 4.92 Å². The Morgan fingerprint density at radius 3 is 2.75 bits per heavy atom. The van der Waals surface area contributed by atoms with Gasteiger partial charge in [-0.25, -0.2) is 0 Å². The molecule has 0 saturated heterocycles. The monoisotopic (exact) mass is 297 g/mol. The normalized spacial score (nSPS) is 12.4. The number of halogens is 1. The number of ether oxygens (including phenoxy) is 1. The van der Waals surface area contributed by atoms with Gasteiger partial charge in [0, 0.05) is 19.2 Å². The van der Waals surface area contributed by atoms with Crippen molar-refractivity contribution in [2.24, 2.45) is 10.2 Å². The highest BCUT2D eigenvalue weighted by molar-refractivity contribution is 6.33. The van der Waals surface area contributed by atoms with Gasteiger partial charge in [-0.2, -0.15) is 10.2 Å². The third-order valence-electron chi connectivity index (χ3n) is 2.55. The van der Waals surface area contributed by atoms with Gasteiger partial charge in [0.15, 0.2) is 0 Å². The lowest BCUT2D eigenvalue weighted by molar-refractivity contribution is -0.384. The van der Waals surface area contributed by atoms with Crippen LogP contribution in [0.25, 0.3) is 0 Å². The second kappa shape index (κ2) is 7.12. The van der Waals surface area contributed by atoms with Crippen LogP contribution in [0.4, 0.5) is 11.4 Å². The zero-order chi connectivity index (χ0) is 15.2. The van der Waals surface area contributed by atoms with Crippen LogP contribution in [0.3, 0.4) is 0 Å². The maximum absolute atomic E-state index is 10.6. The van der Waals surface area contributed by atoms with Gasteiger partial charge in [0.2, 0.25) is 0 Å². The number of non-ortho nitro benzene ring substituents is 1. The molecule has 0 spiro atoms. The van der Waals surface area contributed by atoms with E-state index >= 15 is 0 Å². The van der Waals surface area contributed by atoms with Gasteiger partial charge in [0.25, 0.3) is 5.69 Å². The molecule has 0 heterocycles. The van der Waals surface area contributed by atoms with Crippen molar-refractivity contribution < 1.29 is 9.66 Å². The molecule has 0 N–H and O–H groups in total. The summed E-state index contributed by atoms with van der Waals surface area (Å²) < 4.78 is 5.21. The van der Waals surface area contributed by atoms with Gasteiger partial charge in [0.05, 0.1) is 22.1 Å². The standard InChI is InChI=1S/C13H16ClN3O3/c1-13(2,20-3)7-4-8-15-16-12-6-5-10(17(18)19)9-11(12)14/h4-7,9H,8H2,1-3H3/b7-4+,16-15?. The molecule has 0 aliphatic heterocycles. The summed E-state index contributed by atoms with van der Waals surface area (Å²) in [4.78, 5) is 10.0. The summed E-state index contributed by atoms with van der Waals surface area (Å²) >= 11 is 5.89. The number of rotatable bonds is 6. The van der Waals surface area contributed by atoms with Gasteiger partial charge >= 0.3 is 0 Å². The van der Waals surface area contributed by atoms with E-state index in [2.05, 4.69) is 10.2 Å². The van der Waals surface area contributed by atoms with Crippen molar-refractivity contribution in [3.05, 3.63) is 45.5 Å². The minimum atomic E-state index is -0.512. The lowest BCUT2D eigenvalue weighted by Crippen LogP contribution is -2.18. The summed E-state index contributed by atoms with van der Waals surface area (Å²) in [5.74, 6) is 0. The Labute approximate surface area is 122 Å². The van der Waals surface area contributed by atoms with Gasteiger partial charge in [-0.15, -0.1) is 0 Å². The summed E-state index contributed by atoms with van der Waals surface area (Å²) in [5.41, 5.74) is -0.0204. The molecule has 0 radical (unpaired) electrons. The van der Waals surface area contributed by atoms with Crippen LogP contribution in [0, 0.1) is 10.1 Å². The quantitative estimate of drug-likeness (QED) is 0.339. The Morgan fingerprint density at radius 1 is 1.50 bits per heavy atom. The van der Waals surface area contributed by atoms with E-state index in [1.165, 1.54) is 18.2 Å². The predicted octanol–water partition coefficient (Wildman–Crippen LogP) is 4.31. The molecular formula is C13H16ClN3O3. The predicted molar refractivity (Wildman–Crippen MR) is 77.7 cm³/mol. The van der Waals surface area contributed by atoms with E-state index in [0.717, 1.165) is 0 Å². The van der Waals surface area contributed by atoms with Crippen LogP contribution < -0.4 is 0 Å². The number of methoxy groups -OCH3 is 1. The molecule has 7 heteroatoms. The highest BCUT2D eigenvalue weighted by atomic mass is 35.5. The highest BCUT2D eigenvalue weighted by Crippen LogP contribution is 2.29. The van der Waals surface area contributed by atoms with Crippen molar-refractivity contribution in [3.8, 4) is 0 Å². The molecule has 0 aliphatic rings. The zero-order valence-electron chi connectivity index (χ0n) is 11.5. The third-order valence-corrected chi connectivity index (χ3v) is 2.86. The van der Waals surface area contributed by atoms with Crippen LogP contribution in [-0.4, -0.2) is 24.2 Å². The molecular weight excluding hydrogens is 282 g/mol. The first-order valence-corrected chi connectivity index (χ1v) is 6.28. The Bertz CT molecular complexity index is 542. The number of nitro groups is 1. The Kier molecular flexibility index (Phi) is 5.79. The molecule has 20 heavy (non-hydrogen) atoms.